The maximum Gasteiger partial charge on any atom is 0.285 e. The average molecular weight is 359 g/mol. The van der Waals surface area contributed by atoms with E-state index in [9.17, 15) is 9.00 Å². The number of nitrogens with zero attached hydrogens (tertiary/aromatic N) is 1. The monoisotopic (exact) mass is 359 g/mol. The molecule has 2 aromatic rings. The Kier molecular flexibility index (Phi) is 4.67. The lowest BCUT2D eigenvalue weighted by atomic mass is 9.82. The molecule has 0 spiro atoms. The van der Waals surface area contributed by atoms with Crippen LogP contribution in [0.1, 0.15) is 22.8 Å². The van der Waals surface area contributed by atoms with E-state index >= 15 is 0 Å². The standard InChI is InChI=1S/C19H21NO4S/c1-19(12-23-2)13-24-16-11-7-10-15(17(16)19)18(21)20-25(3,22)14-8-5-4-6-9-14/h4-11H,12-13H2,1-3H3. The number of carbonyl (C=O) groups excluding carboxylic acids is 1. The molecule has 2 unspecified atom stereocenters. The molecule has 1 heterocycles. The summed E-state index contributed by atoms with van der Waals surface area (Å²) in [5, 5.41) is 0. The Balaban J connectivity index is 2.07. The van der Waals surface area contributed by atoms with Crippen LogP contribution in [0.3, 0.4) is 0 Å². The van der Waals surface area contributed by atoms with Gasteiger partial charge in [-0.25, -0.2) is 4.21 Å². The summed E-state index contributed by atoms with van der Waals surface area (Å²) in [6.07, 6.45) is 1.48. The van der Waals surface area contributed by atoms with Gasteiger partial charge in [-0.1, -0.05) is 24.3 Å². The molecule has 25 heavy (non-hydrogen) atoms. The Hall–Kier alpha value is -2.18. The van der Waals surface area contributed by atoms with E-state index in [1.807, 2.05) is 19.1 Å². The van der Waals surface area contributed by atoms with Crippen LogP contribution >= 0.6 is 0 Å². The zero-order chi connectivity index (χ0) is 18.1. The van der Waals surface area contributed by atoms with Crippen molar-refractivity contribution in [2.24, 2.45) is 4.36 Å². The minimum Gasteiger partial charge on any atom is -0.492 e. The van der Waals surface area contributed by atoms with Crippen molar-refractivity contribution in [1.29, 1.82) is 0 Å². The number of benzene rings is 2. The molecule has 2 aromatic carbocycles. The Morgan fingerprint density at radius 1 is 1.24 bits per heavy atom. The lowest BCUT2D eigenvalue weighted by Crippen LogP contribution is -2.31. The number of rotatable bonds is 4. The van der Waals surface area contributed by atoms with Gasteiger partial charge < -0.3 is 9.47 Å². The molecule has 1 aliphatic rings. The van der Waals surface area contributed by atoms with Gasteiger partial charge in [-0.15, -0.1) is 0 Å². The number of carbonyl (C=O) groups is 1. The summed E-state index contributed by atoms with van der Waals surface area (Å²) in [7, 11) is -1.20. The van der Waals surface area contributed by atoms with E-state index < -0.39 is 21.1 Å². The predicted octanol–water partition coefficient (Wildman–Crippen LogP) is 3.28. The average Bonchev–Trinajstić information content (AvgIpc) is 2.93. The highest BCUT2D eigenvalue weighted by Gasteiger charge is 2.40. The van der Waals surface area contributed by atoms with Gasteiger partial charge in [0.1, 0.15) is 5.75 Å². The molecule has 3 rings (SSSR count). The maximum absolute atomic E-state index is 12.9. The number of amides is 1. The quantitative estimate of drug-likeness (QED) is 0.840. The summed E-state index contributed by atoms with van der Waals surface area (Å²) >= 11 is 0. The van der Waals surface area contributed by atoms with Gasteiger partial charge in [0.15, 0.2) is 0 Å². The van der Waals surface area contributed by atoms with E-state index in [0.29, 0.717) is 29.4 Å². The van der Waals surface area contributed by atoms with Crippen molar-refractivity contribution in [3.05, 3.63) is 59.7 Å². The molecule has 0 saturated carbocycles. The molecule has 0 bridgehead atoms. The number of methoxy groups -OCH3 is 1. The van der Waals surface area contributed by atoms with Crippen molar-refractivity contribution in [3.63, 3.8) is 0 Å². The molecule has 0 N–H and O–H groups in total. The smallest absolute Gasteiger partial charge is 0.285 e. The molecule has 0 radical (unpaired) electrons. The molecule has 5 nitrogen and oxygen atoms in total. The predicted molar refractivity (Wildman–Crippen MR) is 96.7 cm³/mol. The van der Waals surface area contributed by atoms with Crippen LogP contribution in [-0.2, 0) is 19.9 Å². The van der Waals surface area contributed by atoms with Gasteiger partial charge in [-0.3, -0.25) is 4.79 Å². The molecular weight excluding hydrogens is 338 g/mol. The zero-order valence-electron chi connectivity index (χ0n) is 14.5. The van der Waals surface area contributed by atoms with Crippen LogP contribution in [0.5, 0.6) is 5.75 Å². The lowest BCUT2D eigenvalue weighted by molar-refractivity contribution is 0.0996. The second-order valence-electron chi connectivity index (χ2n) is 6.47. The van der Waals surface area contributed by atoms with Crippen molar-refractivity contribution in [1.82, 2.24) is 0 Å². The van der Waals surface area contributed by atoms with Crippen molar-refractivity contribution in [2.45, 2.75) is 17.2 Å². The summed E-state index contributed by atoms with van der Waals surface area (Å²) in [4.78, 5) is 13.4. The van der Waals surface area contributed by atoms with E-state index in [-0.39, 0.29) is 0 Å². The summed E-state index contributed by atoms with van der Waals surface area (Å²) in [5.41, 5.74) is 0.752. The fourth-order valence-electron chi connectivity index (χ4n) is 3.13. The van der Waals surface area contributed by atoms with Crippen LogP contribution < -0.4 is 4.74 Å². The van der Waals surface area contributed by atoms with Crippen molar-refractivity contribution < 1.29 is 18.5 Å². The van der Waals surface area contributed by atoms with E-state index in [1.165, 1.54) is 6.26 Å². The minimum absolute atomic E-state index is 0.417. The van der Waals surface area contributed by atoms with Gasteiger partial charge in [0.2, 0.25) is 0 Å². The molecule has 1 aliphatic heterocycles. The Bertz CT molecular complexity index is 912. The topological polar surface area (TPSA) is 65.0 Å². The molecule has 0 saturated heterocycles. The lowest BCUT2D eigenvalue weighted by Gasteiger charge is -2.22. The van der Waals surface area contributed by atoms with Crippen LogP contribution in [0.2, 0.25) is 0 Å². The van der Waals surface area contributed by atoms with Crippen molar-refractivity contribution in [3.8, 4) is 5.75 Å². The highest BCUT2D eigenvalue weighted by atomic mass is 32.2. The number of ether oxygens (including phenoxy) is 2. The van der Waals surface area contributed by atoms with Crippen LogP contribution in [0.15, 0.2) is 57.8 Å². The molecule has 1 amide bonds. The third-order valence-electron chi connectivity index (χ3n) is 4.31. The normalized spacial score (nSPS) is 21.1. The molecule has 2 atom stereocenters. The summed E-state index contributed by atoms with van der Waals surface area (Å²) in [5.74, 6) is 0.156. The second-order valence-corrected chi connectivity index (χ2v) is 8.73. The van der Waals surface area contributed by atoms with E-state index in [2.05, 4.69) is 4.36 Å². The largest absolute Gasteiger partial charge is 0.492 e. The molecule has 0 aromatic heterocycles. The van der Waals surface area contributed by atoms with Gasteiger partial charge in [0, 0.05) is 23.8 Å². The molecule has 132 valence electrons. The first kappa shape index (κ1) is 17.6. The zero-order valence-corrected chi connectivity index (χ0v) is 15.3. The Morgan fingerprint density at radius 2 is 1.96 bits per heavy atom. The number of hydrogen-bond donors (Lipinski definition) is 0. The van der Waals surface area contributed by atoms with Gasteiger partial charge in [-0.2, -0.15) is 4.36 Å². The van der Waals surface area contributed by atoms with Crippen molar-refractivity contribution >= 4 is 15.6 Å². The first-order chi connectivity index (χ1) is 11.9. The van der Waals surface area contributed by atoms with E-state index in [4.69, 9.17) is 9.47 Å². The Labute approximate surface area is 148 Å². The van der Waals surface area contributed by atoms with Crippen LogP contribution in [0.25, 0.3) is 0 Å². The molecule has 6 heteroatoms. The molecule has 0 aliphatic carbocycles. The first-order valence-corrected chi connectivity index (χ1v) is 9.86. The van der Waals surface area contributed by atoms with Gasteiger partial charge in [0.25, 0.3) is 5.91 Å². The summed E-state index contributed by atoms with van der Waals surface area (Å²) in [6, 6.07) is 14.1. The fourth-order valence-corrected chi connectivity index (χ4v) is 4.31. The van der Waals surface area contributed by atoms with Crippen LogP contribution in [0, 0.1) is 0 Å². The van der Waals surface area contributed by atoms with E-state index in [1.54, 1.807) is 43.5 Å². The van der Waals surface area contributed by atoms with Crippen LogP contribution in [0.4, 0.5) is 0 Å². The van der Waals surface area contributed by atoms with Crippen molar-refractivity contribution in [2.75, 3.05) is 26.6 Å². The highest BCUT2D eigenvalue weighted by Crippen LogP contribution is 2.41. The highest BCUT2D eigenvalue weighted by molar-refractivity contribution is 7.93. The summed E-state index contributed by atoms with van der Waals surface area (Å²) < 4.78 is 28.0. The minimum atomic E-state index is -2.82. The fraction of sp³-hybridized carbons (Fsp3) is 0.316. The third kappa shape index (κ3) is 3.32. The van der Waals surface area contributed by atoms with E-state index in [0.717, 1.165) is 5.56 Å². The van der Waals surface area contributed by atoms with Gasteiger partial charge in [0.05, 0.1) is 33.9 Å². The van der Waals surface area contributed by atoms with Gasteiger partial charge in [-0.05, 0) is 31.2 Å². The van der Waals surface area contributed by atoms with Gasteiger partial charge >= 0.3 is 0 Å². The maximum atomic E-state index is 12.9. The number of fused-ring (bicyclic) bond motifs is 1. The Morgan fingerprint density at radius 3 is 2.64 bits per heavy atom. The molecular formula is C19H21NO4S. The second kappa shape index (κ2) is 6.61. The molecule has 0 fully saturated rings. The first-order valence-electron chi connectivity index (χ1n) is 7.94. The third-order valence-corrected chi connectivity index (χ3v) is 5.97. The summed E-state index contributed by atoms with van der Waals surface area (Å²) in [6.45, 7) is 2.84. The number of hydrogen-bond acceptors (Lipinski definition) is 4. The SMILES string of the molecule is COCC1(C)COc2cccc(C(=O)N=S(C)(=O)c3ccccc3)c21. The van der Waals surface area contributed by atoms with Crippen LogP contribution in [-0.4, -0.2) is 36.7 Å².